The molecule has 0 saturated carbocycles. The van der Waals surface area contributed by atoms with Gasteiger partial charge in [-0.3, -0.25) is 0 Å². The highest BCUT2D eigenvalue weighted by Crippen LogP contribution is 2.16. The third-order valence-electron chi connectivity index (χ3n) is 2.40. The Morgan fingerprint density at radius 3 is 1.13 bits per heavy atom. The molecule has 0 bridgehead atoms. The van der Waals surface area contributed by atoms with E-state index in [4.69, 9.17) is 0 Å². The molecular formula is C13H22Br2. The van der Waals surface area contributed by atoms with Crippen LogP contribution in [0.15, 0.2) is 22.1 Å². The van der Waals surface area contributed by atoms with Crippen molar-refractivity contribution in [2.75, 3.05) is 0 Å². The number of hydrogen-bond acceptors (Lipinski definition) is 0. The van der Waals surface area contributed by atoms with Crippen LogP contribution in [0.4, 0.5) is 0 Å². The summed E-state index contributed by atoms with van der Waals surface area (Å²) in [5.74, 6) is 0. The van der Waals surface area contributed by atoms with Crippen molar-refractivity contribution < 1.29 is 0 Å². The molecule has 0 saturated heterocycles. The molecule has 0 amide bonds. The number of halogens is 2. The standard InChI is InChI=1S/C13H22Br2/c1-12(14)10-8-6-4-3-5-7-9-11-13(2)15/h1-11H2. The predicted octanol–water partition coefficient (Wildman–Crippen LogP) is 6.31. The molecule has 0 nitrogen and oxygen atoms in total. The first-order valence-electron chi connectivity index (χ1n) is 5.79. The third kappa shape index (κ3) is 14.4. The summed E-state index contributed by atoms with van der Waals surface area (Å²) in [4.78, 5) is 0. The lowest BCUT2D eigenvalue weighted by molar-refractivity contribution is 0.583. The maximum Gasteiger partial charge on any atom is -0.0121 e. The normalized spacial score (nSPS) is 10.3. The van der Waals surface area contributed by atoms with Gasteiger partial charge >= 0.3 is 0 Å². The molecule has 0 aromatic rings. The summed E-state index contributed by atoms with van der Waals surface area (Å²) < 4.78 is 2.27. The lowest BCUT2D eigenvalue weighted by Crippen LogP contribution is -1.81. The lowest BCUT2D eigenvalue weighted by Gasteiger charge is -2.01. The van der Waals surface area contributed by atoms with Gasteiger partial charge in [0.15, 0.2) is 0 Å². The second-order valence-corrected chi connectivity index (χ2v) is 6.25. The molecule has 2 heteroatoms. The number of rotatable bonds is 10. The van der Waals surface area contributed by atoms with Crippen molar-refractivity contribution in [3.8, 4) is 0 Å². The average Bonchev–Trinajstić information content (AvgIpc) is 2.14. The van der Waals surface area contributed by atoms with Crippen LogP contribution in [-0.4, -0.2) is 0 Å². The zero-order valence-electron chi connectivity index (χ0n) is 9.53. The molecule has 0 heterocycles. The van der Waals surface area contributed by atoms with Crippen LogP contribution in [0.2, 0.25) is 0 Å². The summed E-state index contributed by atoms with van der Waals surface area (Å²) in [7, 11) is 0. The molecule has 0 aromatic heterocycles. The molecule has 88 valence electrons. The second kappa shape index (κ2) is 10.9. The third-order valence-corrected chi connectivity index (χ3v) is 3.19. The minimum Gasteiger partial charge on any atom is -0.0889 e. The molecule has 0 N–H and O–H groups in total. The van der Waals surface area contributed by atoms with Crippen molar-refractivity contribution in [3.05, 3.63) is 22.1 Å². The van der Waals surface area contributed by atoms with Gasteiger partial charge in [0.1, 0.15) is 0 Å². The van der Waals surface area contributed by atoms with E-state index in [0.29, 0.717) is 0 Å². The first-order valence-corrected chi connectivity index (χ1v) is 7.38. The highest BCUT2D eigenvalue weighted by atomic mass is 79.9. The van der Waals surface area contributed by atoms with Gasteiger partial charge < -0.3 is 0 Å². The smallest absolute Gasteiger partial charge is 0.0121 e. The number of hydrogen-bond donors (Lipinski definition) is 0. The minimum absolute atomic E-state index is 1.13. The van der Waals surface area contributed by atoms with Gasteiger partial charge in [0.25, 0.3) is 0 Å². The van der Waals surface area contributed by atoms with Crippen LogP contribution in [0.5, 0.6) is 0 Å². The van der Waals surface area contributed by atoms with E-state index < -0.39 is 0 Å². The van der Waals surface area contributed by atoms with Gasteiger partial charge in [-0.05, 0) is 34.6 Å². The van der Waals surface area contributed by atoms with E-state index in [0.717, 1.165) is 21.8 Å². The van der Waals surface area contributed by atoms with Crippen molar-refractivity contribution in [2.45, 2.75) is 57.8 Å². The molecule has 0 spiro atoms. The molecule has 0 rings (SSSR count). The van der Waals surface area contributed by atoms with Crippen LogP contribution in [0, 0.1) is 0 Å². The summed E-state index contributed by atoms with van der Waals surface area (Å²) in [6.07, 6.45) is 11.6. The van der Waals surface area contributed by atoms with E-state index in [1.54, 1.807) is 0 Å². The quantitative estimate of drug-likeness (QED) is 0.409. The van der Waals surface area contributed by atoms with Crippen LogP contribution in [0.25, 0.3) is 0 Å². The zero-order valence-corrected chi connectivity index (χ0v) is 12.7. The van der Waals surface area contributed by atoms with E-state index in [9.17, 15) is 0 Å². The van der Waals surface area contributed by atoms with Crippen LogP contribution >= 0.6 is 31.9 Å². The van der Waals surface area contributed by atoms with Crippen LogP contribution in [0.3, 0.4) is 0 Å². The molecule has 0 unspecified atom stereocenters. The van der Waals surface area contributed by atoms with Gasteiger partial charge in [-0.1, -0.05) is 77.1 Å². The molecule has 0 atom stereocenters. The van der Waals surface area contributed by atoms with Crippen LogP contribution < -0.4 is 0 Å². The van der Waals surface area contributed by atoms with E-state index >= 15 is 0 Å². The summed E-state index contributed by atoms with van der Waals surface area (Å²) in [6, 6.07) is 0. The monoisotopic (exact) mass is 336 g/mol. The Hall–Kier alpha value is 0.440. The van der Waals surface area contributed by atoms with Crippen molar-refractivity contribution in [1.29, 1.82) is 0 Å². The maximum absolute atomic E-state index is 3.83. The van der Waals surface area contributed by atoms with Crippen molar-refractivity contribution in [3.63, 3.8) is 0 Å². The topological polar surface area (TPSA) is 0 Å². The Bertz CT molecular complexity index is 165. The molecule has 0 aliphatic carbocycles. The van der Waals surface area contributed by atoms with E-state index in [1.165, 1.54) is 44.9 Å². The molecule has 0 aromatic carbocycles. The summed E-state index contributed by atoms with van der Waals surface area (Å²) >= 11 is 6.77. The highest BCUT2D eigenvalue weighted by molar-refractivity contribution is 9.12. The molecular weight excluding hydrogens is 316 g/mol. The number of unbranched alkanes of at least 4 members (excludes halogenated alkanes) is 6. The van der Waals surface area contributed by atoms with Gasteiger partial charge in [-0.25, -0.2) is 0 Å². The first-order chi connectivity index (χ1) is 7.13. The predicted molar refractivity (Wildman–Crippen MR) is 77.7 cm³/mol. The largest absolute Gasteiger partial charge is 0.0889 e. The van der Waals surface area contributed by atoms with Gasteiger partial charge in [-0.2, -0.15) is 0 Å². The van der Waals surface area contributed by atoms with Crippen molar-refractivity contribution in [2.24, 2.45) is 0 Å². The van der Waals surface area contributed by atoms with Gasteiger partial charge in [0, 0.05) is 0 Å². The van der Waals surface area contributed by atoms with Gasteiger partial charge in [-0.15, -0.1) is 0 Å². The summed E-state index contributed by atoms with van der Waals surface area (Å²) in [5, 5.41) is 0. The molecule has 15 heavy (non-hydrogen) atoms. The van der Waals surface area contributed by atoms with Gasteiger partial charge in [0.2, 0.25) is 0 Å². The van der Waals surface area contributed by atoms with Crippen molar-refractivity contribution >= 4 is 31.9 Å². The van der Waals surface area contributed by atoms with Crippen LogP contribution in [0.1, 0.15) is 57.8 Å². The Kier molecular flexibility index (Phi) is 11.3. The Labute approximate surface area is 111 Å². The SMILES string of the molecule is C=C(Br)CCCCCCCCCC(=C)Br. The fraction of sp³-hybridized carbons (Fsp3) is 0.692. The fourth-order valence-corrected chi connectivity index (χ4v) is 2.08. The summed E-state index contributed by atoms with van der Waals surface area (Å²) in [6.45, 7) is 7.67. The Morgan fingerprint density at radius 2 is 0.867 bits per heavy atom. The fourth-order valence-electron chi connectivity index (χ4n) is 1.52. The molecule has 0 radical (unpaired) electrons. The average molecular weight is 338 g/mol. The molecule has 0 fully saturated rings. The maximum atomic E-state index is 3.83. The van der Waals surface area contributed by atoms with Gasteiger partial charge in [0.05, 0.1) is 0 Å². The zero-order chi connectivity index (χ0) is 11.5. The van der Waals surface area contributed by atoms with E-state index in [1.807, 2.05) is 0 Å². The Morgan fingerprint density at radius 1 is 0.600 bits per heavy atom. The summed E-state index contributed by atoms with van der Waals surface area (Å²) in [5.41, 5.74) is 0. The van der Waals surface area contributed by atoms with E-state index in [-0.39, 0.29) is 0 Å². The lowest BCUT2D eigenvalue weighted by atomic mass is 10.1. The first kappa shape index (κ1) is 15.4. The highest BCUT2D eigenvalue weighted by Gasteiger charge is 1.93. The number of allylic oxidation sites excluding steroid dienone is 2. The second-order valence-electron chi connectivity index (χ2n) is 4.01. The van der Waals surface area contributed by atoms with E-state index in [2.05, 4.69) is 45.0 Å². The van der Waals surface area contributed by atoms with Crippen molar-refractivity contribution in [1.82, 2.24) is 0 Å². The molecule has 0 aliphatic heterocycles. The van der Waals surface area contributed by atoms with Crippen LogP contribution in [-0.2, 0) is 0 Å². The Balaban J connectivity index is 2.99. The molecule has 0 aliphatic rings. The minimum atomic E-state index is 1.13.